The van der Waals surface area contributed by atoms with Gasteiger partial charge in [0, 0.05) is 5.69 Å². The van der Waals surface area contributed by atoms with Crippen LogP contribution < -0.4 is 11.1 Å². The molecule has 0 saturated heterocycles. The second-order valence-electron chi connectivity index (χ2n) is 3.39. The number of amides is 1. The van der Waals surface area contributed by atoms with Crippen LogP contribution >= 0.6 is 0 Å². The summed E-state index contributed by atoms with van der Waals surface area (Å²) >= 11 is 0. The van der Waals surface area contributed by atoms with Gasteiger partial charge in [0.05, 0.1) is 0 Å². The first-order chi connectivity index (χ1) is 7.65. The van der Waals surface area contributed by atoms with Crippen LogP contribution in [-0.4, -0.2) is 10.9 Å². The number of rotatable bonds is 2. The summed E-state index contributed by atoms with van der Waals surface area (Å²) in [7, 11) is 0. The number of hydrogen-bond acceptors (Lipinski definition) is 4. The molecule has 0 bridgehead atoms. The minimum Gasteiger partial charge on any atom is -0.431 e. The van der Waals surface area contributed by atoms with Gasteiger partial charge in [0.1, 0.15) is 6.26 Å². The lowest BCUT2D eigenvalue weighted by atomic mass is 10.2. The van der Waals surface area contributed by atoms with Crippen LogP contribution in [0.4, 0.5) is 11.7 Å². The predicted molar refractivity (Wildman–Crippen MR) is 60.0 cm³/mol. The van der Waals surface area contributed by atoms with Gasteiger partial charge in [0.2, 0.25) is 0 Å². The van der Waals surface area contributed by atoms with E-state index in [1.54, 1.807) is 6.07 Å². The normalized spacial score (nSPS) is 10.1. The number of anilines is 2. The largest absolute Gasteiger partial charge is 0.431 e. The first-order valence-electron chi connectivity index (χ1n) is 4.74. The zero-order chi connectivity index (χ0) is 11.5. The maximum absolute atomic E-state index is 11.6. The lowest BCUT2D eigenvalue weighted by Gasteiger charge is -2.03. The highest BCUT2D eigenvalue weighted by molar-refractivity contribution is 6.02. The number of nitrogen functional groups attached to an aromatic ring is 1. The molecule has 0 aliphatic heterocycles. The zero-order valence-corrected chi connectivity index (χ0v) is 8.73. The number of oxazole rings is 1. The molecule has 0 saturated carbocycles. The van der Waals surface area contributed by atoms with Gasteiger partial charge in [0.25, 0.3) is 11.9 Å². The van der Waals surface area contributed by atoms with Gasteiger partial charge >= 0.3 is 0 Å². The average molecular weight is 217 g/mol. The van der Waals surface area contributed by atoms with Gasteiger partial charge in [-0.1, -0.05) is 12.1 Å². The molecule has 0 aliphatic rings. The van der Waals surface area contributed by atoms with Crippen molar-refractivity contribution < 1.29 is 9.21 Å². The van der Waals surface area contributed by atoms with Crippen molar-refractivity contribution >= 4 is 17.6 Å². The van der Waals surface area contributed by atoms with Crippen molar-refractivity contribution in [1.29, 1.82) is 0 Å². The van der Waals surface area contributed by atoms with E-state index in [-0.39, 0.29) is 17.6 Å². The summed E-state index contributed by atoms with van der Waals surface area (Å²) in [5.74, 6) is -0.342. The van der Waals surface area contributed by atoms with Gasteiger partial charge in [-0.05, 0) is 24.6 Å². The number of nitrogens with two attached hydrogens (primary N) is 1. The first kappa shape index (κ1) is 10.2. The van der Waals surface area contributed by atoms with Gasteiger partial charge in [-0.2, -0.15) is 4.98 Å². The van der Waals surface area contributed by atoms with Gasteiger partial charge in [-0.15, -0.1) is 0 Å². The topological polar surface area (TPSA) is 81.2 Å². The monoisotopic (exact) mass is 217 g/mol. The summed E-state index contributed by atoms with van der Waals surface area (Å²) in [4.78, 5) is 15.4. The van der Waals surface area contributed by atoms with Crippen LogP contribution in [0.25, 0.3) is 0 Å². The van der Waals surface area contributed by atoms with Gasteiger partial charge in [0.15, 0.2) is 5.69 Å². The van der Waals surface area contributed by atoms with E-state index in [9.17, 15) is 4.79 Å². The van der Waals surface area contributed by atoms with E-state index in [0.29, 0.717) is 5.69 Å². The Morgan fingerprint density at radius 3 is 2.94 bits per heavy atom. The van der Waals surface area contributed by atoms with Crippen LogP contribution in [0, 0.1) is 6.92 Å². The summed E-state index contributed by atoms with van der Waals surface area (Å²) in [5, 5.41) is 2.70. The van der Waals surface area contributed by atoms with Gasteiger partial charge < -0.3 is 15.5 Å². The fraction of sp³-hybridized carbons (Fsp3) is 0.0909. The lowest BCUT2D eigenvalue weighted by molar-refractivity contribution is 0.102. The van der Waals surface area contributed by atoms with E-state index in [2.05, 4.69) is 10.3 Å². The maximum atomic E-state index is 11.6. The van der Waals surface area contributed by atoms with Crippen molar-refractivity contribution in [3.63, 3.8) is 0 Å². The Morgan fingerprint density at radius 1 is 1.50 bits per heavy atom. The van der Waals surface area contributed by atoms with Crippen LogP contribution in [0.1, 0.15) is 16.1 Å². The van der Waals surface area contributed by atoms with Crippen molar-refractivity contribution in [2.45, 2.75) is 6.92 Å². The predicted octanol–water partition coefficient (Wildman–Crippen LogP) is 1.82. The Hall–Kier alpha value is -2.30. The minimum absolute atomic E-state index is 0.0191. The Kier molecular flexibility index (Phi) is 2.59. The molecule has 0 unspecified atom stereocenters. The number of carbonyl (C=O) groups is 1. The van der Waals surface area contributed by atoms with Crippen LogP contribution in [0.15, 0.2) is 34.9 Å². The second-order valence-corrected chi connectivity index (χ2v) is 3.39. The third-order valence-corrected chi connectivity index (χ3v) is 2.03. The fourth-order valence-corrected chi connectivity index (χ4v) is 1.31. The highest BCUT2D eigenvalue weighted by Gasteiger charge is 2.10. The Balaban J connectivity index is 2.13. The number of carbonyl (C=O) groups excluding carboxylic acids is 1. The van der Waals surface area contributed by atoms with Crippen LogP contribution in [0.5, 0.6) is 0 Å². The fourth-order valence-electron chi connectivity index (χ4n) is 1.31. The molecule has 5 heteroatoms. The minimum atomic E-state index is -0.342. The Bertz CT molecular complexity index is 519. The molecule has 0 spiro atoms. The van der Waals surface area contributed by atoms with Crippen LogP contribution in [-0.2, 0) is 0 Å². The number of benzene rings is 1. The highest BCUT2D eigenvalue weighted by Crippen LogP contribution is 2.11. The summed E-state index contributed by atoms with van der Waals surface area (Å²) in [6.45, 7) is 1.95. The van der Waals surface area contributed by atoms with E-state index >= 15 is 0 Å². The Labute approximate surface area is 92.3 Å². The van der Waals surface area contributed by atoms with Crippen LogP contribution in [0.2, 0.25) is 0 Å². The number of hydrogen-bond donors (Lipinski definition) is 2. The third kappa shape index (κ3) is 2.20. The summed E-state index contributed by atoms with van der Waals surface area (Å²) < 4.78 is 4.75. The smallest absolute Gasteiger partial charge is 0.292 e. The zero-order valence-electron chi connectivity index (χ0n) is 8.73. The number of aryl methyl sites for hydroxylation is 1. The van der Waals surface area contributed by atoms with E-state index in [1.165, 1.54) is 6.26 Å². The van der Waals surface area contributed by atoms with Crippen molar-refractivity contribution in [3.05, 3.63) is 41.8 Å². The molecule has 0 aliphatic carbocycles. The quantitative estimate of drug-likeness (QED) is 0.803. The van der Waals surface area contributed by atoms with Crippen molar-refractivity contribution in [1.82, 2.24) is 4.98 Å². The molecule has 0 atom stereocenters. The molecule has 0 fully saturated rings. The first-order valence-corrected chi connectivity index (χ1v) is 4.74. The Morgan fingerprint density at radius 2 is 2.31 bits per heavy atom. The molecule has 1 aromatic heterocycles. The molecular formula is C11H11N3O2. The number of nitrogens with zero attached hydrogens (tertiary/aromatic N) is 1. The molecule has 1 amide bonds. The molecule has 3 N–H and O–H groups in total. The number of nitrogens with one attached hydrogen (secondary N) is 1. The third-order valence-electron chi connectivity index (χ3n) is 2.03. The van der Waals surface area contributed by atoms with Gasteiger partial charge in [-0.3, -0.25) is 4.79 Å². The van der Waals surface area contributed by atoms with Crippen LogP contribution in [0.3, 0.4) is 0 Å². The molecule has 5 nitrogen and oxygen atoms in total. The highest BCUT2D eigenvalue weighted by atomic mass is 16.4. The summed E-state index contributed by atoms with van der Waals surface area (Å²) in [5.41, 5.74) is 7.22. The molecular weight excluding hydrogens is 206 g/mol. The van der Waals surface area contributed by atoms with E-state index in [4.69, 9.17) is 10.2 Å². The maximum Gasteiger partial charge on any atom is 0.292 e. The molecule has 2 aromatic rings. The van der Waals surface area contributed by atoms with E-state index in [0.717, 1.165) is 5.56 Å². The SMILES string of the molecule is Cc1cccc(NC(=O)c2coc(N)n2)c1. The summed E-state index contributed by atoms with van der Waals surface area (Å²) in [6, 6.07) is 7.45. The molecule has 0 radical (unpaired) electrons. The molecule has 2 rings (SSSR count). The molecule has 1 aromatic carbocycles. The van der Waals surface area contributed by atoms with E-state index < -0.39 is 0 Å². The molecule has 16 heavy (non-hydrogen) atoms. The van der Waals surface area contributed by atoms with E-state index in [1.807, 2.05) is 25.1 Å². The van der Waals surface area contributed by atoms with Crippen molar-refractivity contribution in [2.24, 2.45) is 0 Å². The second kappa shape index (κ2) is 4.06. The van der Waals surface area contributed by atoms with Crippen molar-refractivity contribution in [3.8, 4) is 0 Å². The standard InChI is InChI=1S/C11H11N3O2/c1-7-3-2-4-8(5-7)13-10(15)9-6-16-11(12)14-9/h2-6H,1H3,(H2,12,14)(H,13,15). The van der Waals surface area contributed by atoms with Crippen molar-refractivity contribution in [2.75, 3.05) is 11.1 Å². The average Bonchev–Trinajstić information content (AvgIpc) is 2.65. The molecule has 82 valence electrons. The lowest BCUT2D eigenvalue weighted by Crippen LogP contribution is -2.12. The summed E-state index contributed by atoms with van der Waals surface area (Å²) in [6.07, 6.45) is 1.22. The molecule has 1 heterocycles. The van der Waals surface area contributed by atoms with Gasteiger partial charge in [-0.25, -0.2) is 0 Å². The number of aromatic nitrogens is 1.